The molecular weight excluding hydrogens is 512 g/mol. The Kier molecular flexibility index (Phi) is 9.24. The smallest absolute Gasteiger partial charge is 0.272 e. The molecule has 0 saturated carbocycles. The average Bonchev–Trinajstić information content (AvgIpc) is 2.98. The Bertz CT molecular complexity index is 1330. The topological polar surface area (TPSA) is 91.9 Å². The Morgan fingerprint density at radius 2 is 1.71 bits per heavy atom. The van der Waals surface area contributed by atoms with Gasteiger partial charge in [-0.2, -0.15) is 0 Å². The summed E-state index contributed by atoms with van der Waals surface area (Å²) in [5.41, 5.74) is 8.81. The largest absolute Gasteiger partial charge is 0.489 e. The summed E-state index contributed by atoms with van der Waals surface area (Å²) in [6.07, 6.45) is 6.15. The second-order valence-electron chi connectivity index (χ2n) is 11.4. The Hall–Kier alpha value is -3.84. The number of hydrogen-bond donors (Lipinski definition) is 2. The lowest BCUT2D eigenvalue weighted by Gasteiger charge is -2.39. The van der Waals surface area contributed by atoms with Crippen molar-refractivity contribution in [2.45, 2.75) is 77.2 Å². The summed E-state index contributed by atoms with van der Waals surface area (Å²) in [5.74, 6) is 1.19. The van der Waals surface area contributed by atoms with Crippen LogP contribution in [0.25, 0.3) is 0 Å². The van der Waals surface area contributed by atoms with E-state index in [0.717, 1.165) is 37.1 Å². The van der Waals surface area contributed by atoms with Gasteiger partial charge in [0.1, 0.15) is 23.9 Å². The van der Waals surface area contributed by atoms with E-state index < -0.39 is 6.10 Å². The van der Waals surface area contributed by atoms with Crippen LogP contribution in [0.1, 0.15) is 75.2 Å². The highest BCUT2D eigenvalue weighted by atomic mass is 16.5. The van der Waals surface area contributed by atoms with Crippen molar-refractivity contribution < 1.29 is 14.3 Å². The number of carbonyl (C=O) groups excluding carboxylic acids is 1. The molecule has 2 aliphatic heterocycles. The third kappa shape index (κ3) is 6.91. The quantitative estimate of drug-likeness (QED) is 0.161. The molecule has 3 aromatic rings. The summed E-state index contributed by atoms with van der Waals surface area (Å²) in [6.45, 7) is 6.84. The van der Waals surface area contributed by atoms with Gasteiger partial charge in [0.05, 0.1) is 5.69 Å². The number of likely N-dealkylation sites (tertiary alicyclic amines) is 1. The van der Waals surface area contributed by atoms with Crippen molar-refractivity contribution in [2.75, 3.05) is 18.0 Å². The van der Waals surface area contributed by atoms with E-state index in [-0.39, 0.29) is 11.7 Å². The van der Waals surface area contributed by atoms with E-state index in [4.69, 9.17) is 20.6 Å². The van der Waals surface area contributed by atoms with E-state index in [0.29, 0.717) is 47.9 Å². The molecule has 3 N–H and O–H groups in total. The van der Waals surface area contributed by atoms with Crippen LogP contribution in [0.3, 0.4) is 0 Å². The molecule has 1 amide bonds. The first-order valence-corrected chi connectivity index (χ1v) is 14.9. The number of carbonyl (C=O) groups is 1. The Balaban J connectivity index is 1.31. The number of amidine groups is 1. The van der Waals surface area contributed by atoms with E-state index >= 15 is 0 Å². The van der Waals surface area contributed by atoms with E-state index in [1.54, 1.807) is 12.1 Å². The minimum Gasteiger partial charge on any atom is -0.489 e. The molecule has 3 atom stereocenters. The molecule has 1 saturated heterocycles. The zero-order valence-electron chi connectivity index (χ0n) is 24.2. The molecule has 0 aromatic heterocycles. The molecule has 3 aromatic carbocycles. The number of fused-ring (bicyclic) bond motifs is 1. The molecule has 2 heterocycles. The van der Waals surface area contributed by atoms with E-state index in [2.05, 4.69) is 18.7 Å². The van der Waals surface area contributed by atoms with Gasteiger partial charge in [0.25, 0.3) is 5.91 Å². The molecule has 0 spiro atoms. The van der Waals surface area contributed by atoms with Gasteiger partial charge in [-0.25, -0.2) is 0 Å². The average molecular weight is 555 g/mol. The first-order valence-electron chi connectivity index (χ1n) is 14.9. The number of nitrogens with zero attached hydrogens (tertiary/aromatic N) is 2. The zero-order valence-corrected chi connectivity index (χ0v) is 24.2. The molecular formula is C34H42N4O3. The SMILES string of the molecule is C[C@@H]1CCC[C@H](C)N1CCCCCN1C(=O)C(c2cccc(C(=N)N)c2)Oc2ccc(OCc3ccccc3)cc21. The molecule has 1 unspecified atom stereocenters. The highest BCUT2D eigenvalue weighted by Crippen LogP contribution is 2.41. The van der Waals surface area contributed by atoms with Gasteiger partial charge in [-0.05, 0) is 69.8 Å². The third-order valence-corrected chi connectivity index (χ3v) is 8.38. The van der Waals surface area contributed by atoms with Crippen molar-refractivity contribution in [3.05, 3.63) is 89.5 Å². The molecule has 5 rings (SSSR count). The van der Waals surface area contributed by atoms with Crippen LogP contribution in [0.5, 0.6) is 11.5 Å². The van der Waals surface area contributed by atoms with Gasteiger partial charge in [-0.15, -0.1) is 0 Å². The van der Waals surface area contributed by atoms with Crippen LogP contribution >= 0.6 is 0 Å². The maximum absolute atomic E-state index is 13.9. The van der Waals surface area contributed by atoms with Gasteiger partial charge >= 0.3 is 0 Å². The van der Waals surface area contributed by atoms with Gasteiger partial charge in [-0.1, -0.05) is 61.4 Å². The maximum Gasteiger partial charge on any atom is 0.272 e. The lowest BCUT2D eigenvalue weighted by molar-refractivity contribution is -0.126. The summed E-state index contributed by atoms with van der Waals surface area (Å²) in [5, 5.41) is 7.83. The van der Waals surface area contributed by atoms with E-state index in [1.165, 1.54) is 19.3 Å². The predicted octanol–water partition coefficient (Wildman–Crippen LogP) is 6.45. The zero-order chi connectivity index (χ0) is 28.8. The number of rotatable bonds is 11. The third-order valence-electron chi connectivity index (χ3n) is 8.38. The van der Waals surface area contributed by atoms with Crippen molar-refractivity contribution in [3.8, 4) is 11.5 Å². The fourth-order valence-corrected chi connectivity index (χ4v) is 6.04. The molecule has 1 fully saturated rings. The van der Waals surface area contributed by atoms with Crippen LogP contribution < -0.4 is 20.1 Å². The monoisotopic (exact) mass is 554 g/mol. The van der Waals surface area contributed by atoms with Crippen LogP contribution in [0.15, 0.2) is 72.8 Å². The number of nitrogen functional groups attached to an aromatic ring is 1. The molecule has 2 aliphatic rings. The van der Waals surface area contributed by atoms with E-state index in [1.807, 2.05) is 65.6 Å². The summed E-state index contributed by atoms with van der Waals surface area (Å²) in [4.78, 5) is 18.4. The minimum absolute atomic E-state index is 0.0371. The first-order chi connectivity index (χ1) is 19.9. The standard InChI is InChI=1S/C34H42N4O3/c1-24-11-9-12-25(2)37(24)19-7-4-8-20-38-30-22-29(40-23-26-13-5-3-6-14-26)17-18-31(30)41-32(34(38)39)27-15-10-16-28(21-27)33(35)36/h3,5-6,10,13-18,21-22,24-25,32H,4,7-9,11-12,19-20,23H2,1-2H3,(H3,35,36)/t24-,25+,32?. The Morgan fingerprint density at radius 3 is 2.46 bits per heavy atom. The number of amides is 1. The Labute approximate surface area is 243 Å². The number of nitrogens with two attached hydrogens (primary N) is 1. The number of unbranched alkanes of at least 4 members (excludes halogenated alkanes) is 2. The highest BCUT2D eigenvalue weighted by Gasteiger charge is 2.36. The van der Waals surface area contributed by atoms with Gasteiger partial charge in [-0.3, -0.25) is 15.1 Å². The molecule has 0 radical (unpaired) electrons. The number of anilines is 1. The van der Waals surface area contributed by atoms with Gasteiger partial charge in [0.15, 0.2) is 0 Å². The number of ether oxygens (including phenoxy) is 2. The summed E-state index contributed by atoms with van der Waals surface area (Å²) < 4.78 is 12.4. The Morgan fingerprint density at radius 1 is 0.951 bits per heavy atom. The van der Waals surface area contributed by atoms with Crippen molar-refractivity contribution >= 4 is 17.4 Å². The van der Waals surface area contributed by atoms with Crippen LogP contribution in [0.4, 0.5) is 5.69 Å². The summed E-state index contributed by atoms with van der Waals surface area (Å²) >= 11 is 0. The predicted molar refractivity (Wildman–Crippen MR) is 164 cm³/mol. The van der Waals surface area contributed by atoms with Crippen molar-refractivity contribution in [1.82, 2.24) is 4.90 Å². The molecule has 41 heavy (non-hydrogen) atoms. The fraction of sp³-hybridized carbons (Fsp3) is 0.412. The van der Waals surface area contributed by atoms with Crippen LogP contribution in [-0.2, 0) is 11.4 Å². The van der Waals surface area contributed by atoms with Gasteiger partial charge in [0, 0.05) is 35.8 Å². The summed E-state index contributed by atoms with van der Waals surface area (Å²) in [6, 6.07) is 24.2. The minimum atomic E-state index is -0.798. The maximum atomic E-state index is 13.9. The van der Waals surface area contributed by atoms with Crippen molar-refractivity contribution in [2.24, 2.45) is 5.73 Å². The van der Waals surface area contributed by atoms with Crippen molar-refractivity contribution in [3.63, 3.8) is 0 Å². The lowest BCUT2D eigenvalue weighted by Crippen LogP contribution is -2.44. The number of benzene rings is 3. The lowest BCUT2D eigenvalue weighted by atomic mass is 9.97. The second-order valence-corrected chi connectivity index (χ2v) is 11.4. The molecule has 216 valence electrons. The van der Waals surface area contributed by atoms with E-state index in [9.17, 15) is 4.79 Å². The number of nitrogens with one attached hydrogen (secondary N) is 1. The molecule has 7 heteroatoms. The molecule has 0 bridgehead atoms. The van der Waals surface area contributed by atoms with Crippen LogP contribution in [-0.4, -0.2) is 41.8 Å². The van der Waals surface area contributed by atoms with Gasteiger partial charge < -0.3 is 20.1 Å². The number of piperidine rings is 1. The second kappa shape index (κ2) is 13.2. The number of hydrogen-bond acceptors (Lipinski definition) is 5. The van der Waals surface area contributed by atoms with Gasteiger partial charge in [0.2, 0.25) is 6.10 Å². The van der Waals surface area contributed by atoms with Crippen molar-refractivity contribution in [1.29, 1.82) is 5.41 Å². The van der Waals surface area contributed by atoms with Crippen LogP contribution in [0.2, 0.25) is 0 Å². The highest BCUT2D eigenvalue weighted by molar-refractivity contribution is 6.01. The first kappa shape index (κ1) is 28.7. The normalized spacial score (nSPS) is 20.8. The summed E-state index contributed by atoms with van der Waals surface area (Å²) in [7, 11) is 0. The fourth-order valence-electron chi connectivity index (χ4n) is 6.04. The molecule has 0 aliphatic carbocycles. The molecule has 7 nitrogen and oxygen atoms in total. The van der Waals surface area contributed by atoms with Crippen LogP contribution in [0, 0.1) is 5.41 Å².